The van der Waals surface area contributed by atoms with Gasteiger partial charge in [0.15, 0.2) is 0 Å². The van der Waals surface area contributed by atoms with Gasteiger partial charge in [0.25, 0.3) is 6.09 Å². The minimum atomic E-state index is -1.40. The van der Waals surface area contributed by atoms with E-state index in [9.17, 15) is 19.8 Å². The summed E-state index contributed by atoms with van der Waals surface area (Å²) in [7, 11) is 1.82. The van der Waals surface area contributed by atoms with E-state index in [1.165, 1.54) is 0 Å². The van der Waals surface area contributed by atoms with Crippen LogP contribution in [-0.4, -0.2) is 58.8 Å². The molecule has 1 fully saturated rings. The first-order valence-corrected chi connectivity index (χ1v) is 7.42. The van der Waals surface area contributed by atoms with Crippen molar-refractivity contribution in [2.75, 3.05) is 26.7 Å². The normalized spacial score (nSPS) is 29.2. The van der Waals surface area contributed by atoms with E-state index in [4.69, 9.17) is 0 Å². The number of nitrogens with zero attached hydrogens (tertiary/aromatic N) is 2. The number of carbonyl (C=O) groups excluding carboxylic acids is 1. The Morgan fingerprint density at radius 3 is 2.50 bits per heavy atom. The lowest BCUT2D eigenvalue weighted by molar-refractivity contribution is -0.933. The molecule has 1 saturated heterocycles. The van der Waals surface area contributed by atoms with E-state index in [0.717, 1.165) is 5.56 Å². The lowest BCUT2D eigenvalue weighted by Gasteiger charge is -2.54. The van der Waals surface area contributed by atoms with Crippen LogP contribution in [-0.2, 0) is 11.3 Å². The highest BCUT2D eigenvalue weighted by molar-refractivity contribution is 5.80. The first-order chi connectivity index (χ1) is 10.4. The zero-order valence-electron chi connectivity index (χ0n) is 13.0. The van der Waals surface area contributed by atoms with Crippen LogP contribution >= 0.6 is 0 Å². The van der Waals surface area contributed by atoms with Gasteiger partial charge in [-0.05, 0) is 7.05 Å². The number of hydrogen-bond acceptors (Lipinski definition) is 4. The third-order valence-electron chi connectivity index (χ3n) is 4.84. The monoisotopic (exact) mass is 306 g/mol. The van der Waals surface area contributed by atoms with Gasteiger partial charge in [-0.1, -0.05) is 37.3 Å². The number of carboxylic acids is 1. The lowest BCUT2D eigenvalue weighted by Crippen LogP contribution is -2.79. The molecule has 6 nitrogen and oxygen atoms in total. The smallest absolute Gasteiger partial charge is 0.367 e. The summed E-state index contributed by atoms with van der Waals surface area (Å²) in [5, 5.41) is 21.9. The molecule has 1 heterocycles. The van der Waals surface area contributed by atoms with Gasteiger partial charge in [-0.3, -0.25) is 9.38 Å². The van der Waals surface area contributed by atoms with Crippen molar-refractivity contribution in [3.05, 3.63) is 35.9 Å². The van der Waals surface area contributed by atoms with Gasteiger partial charge < -0.3 is 15.0 Å². The molecule has 120 valence electrons. The van der Waals surface area contributed by atoms with Gasteiger partial charge in [-0.25, -0.2) is 4.79 Å². The number of hydrogen-bond donors (Lipinski definition) is 1. The van der Waals surface area contributed by atoms with Gasteiger partial charge in [0.05, 0.1) is 13.1 Å². The Labute approximate surface area is 130 Å². The Morgan fingerprint density at radius 1 is 1.36 bits per heavy atom. The molecule has 1 aromatic carbocycles. The fourth-order valence-electron chi connectivity index (χ4n) is 3.49. The van der Waals surface area contributed by atoms with Crippen LogP contribution in [0.5, 0.6) is 0 Å². The van der Waals surface area contributed by atoms with E-state index in [0.29, 0.717) is 6.54 Å². The quantitative estimate of drug-likeness (QED) is 0.821. The topological polar surface area (TPSA) is 80.7 Å². The predicted octanol–water partition coefficient (Wildman–Crippen LogP) is 0.526. The highest BCUT2D eigenvalue weighted by Crippen LogP contribution is 2.35. The Balaban J connectivity index is 2.54. The van der Waals surface area contributed by atoms with E-state index in [2.05, 4.69) is 0 Å². The average Bonchev–Trinajstić information content (AvgIpc) is 2.49. The summed E-state index contributed by atoms with van der Waals surface area (Å²) < 4.78 is -0.562. The van der Waals surface area contributed by atoms with Crippen molar-refractivity contribution in [3.8, 4) is 0 Å². The first kappa shape index (κ1) is 16.5. The van der Waals surface area contributed by atoms with Crippen molar-refractivity contribution < 1.29 is 24.3 Å². The van der Waals surface area contributed by atoms with Crippen LogP contribution in [0.25, 0.3) is 0 Å². The van der Waals surface area contributed by atoms with Gasteiger partial charge in [0.1, 0.15) is 6.54 Å². The number of carboxylic acid groups (broad SMARTS) is 2. The second-order valence-electron chi connectivity index (χ2n) is 6.03. The number of amides is 1. The number of likely N-dealkylation sites (N-methyl/N-ethyl adjacent to an activating group) is 1. The van der Waals surface area contributed by atoms with E-state index >= 15 is 0 Å². The number of rotatable bonds is 4. The zero-order valence-corrected chi connectivity index (χ0v) is 13.0. The molecule has 6 heteroatoms. The molecule has 0 bridgehead atoms. The Hall–Kier alpha value is -1.92. The maximum atomic E-state index is 12.0. The summed E-state index contributed by atoms with van der Waals surface area (Å²) in [6.45, 7) is 2.79. The molecular weight excluding hydrogens is 284 g/mol. The highest BCUT2D eigenvalue weighted by atomic mass is 16.4. The summed E-state index contributed by atoms with van der Waals surface area (Å²) in [4.78, 5) is 26.0. The zero-order chi connectivity index (χ0) is 16.4. The van der Waals surface area contributed by atoms with Crippen molar-refractivity contribution in [2.24, 2.45) is 0 Å². The Morgan fingerprint density at radius 2 is 2.00 bits per heavy atom. The number of carbonyl (C=O) groups is 2. The minimum absolute atomic E-state index is 0.122. The van der Waals surface area contributed by atoms with Gasteiger partial charge in [-0.2, -0.15) is 0 Å². The maximum Gasteiger partial charge on any atom is 0.367 e. The molecule has 0 spiro atoms. The molecule has 0 saturated carbocycles. The summed E-state index contributed by atoms with van der Waals surface area (Å²) >= 11 is 0. The van der Waals surface area contributed by atoms with Crippen molar-refractivity contribution in [2.45, 2.75) is 25.4 Å². The van der Waals surface area contributed by atoms with Crippen LogP contribution < -0.4 is 5.11 Å². The molecule has 1 aromatic rings. The van der Waals surface area contributed by atoms with Crippen molar-refractivity contribution in [3.63, 3.8) is 0 Å². The van der Waals surface area contributed by atoms with Crippen LogP contribution in [0.15, 0.2) is 30.3 Å². The molecule has 2 atom stereocenters. The number of quaternary nitrogens is 1. The van der Waals surface area contributed by atoms with Crippen LogP contribution in [0.2, 0.25) is 0 Å². The predicted molar refractivity (Wildman–Crippen MR) is 78.8 cm³/mol. The Bertz CT molecular complexity index is 563. The number of benzene rings is 1. The van der Waals surface area contributed by atoms with Crippen molar-refractivity contribution in [1.82, 2.24) is 4.90 Å². The van der Waals surface area contributed by atoms with E-state index < -0.39 is 22.1 Å². The van der Waals surface area contributed by atoms with Gasteiger partial charge >= 0.3 is 5.97 Å². The Kier molecular flexibility index (Phi) is 4.53. The van der Waals surface area contributed by atoms with Crippen LogP contribution in [0.1, 0.15) is 18.9 Å². The molecule has 1 amide bonds. The molecule has 1 aliphatic rings. The standard InChI is InChI=1S/C16H22N2O4/c1-3-16(14(19)20)12-17(2)9-10-18(16,15(21)22)11-13-7-5-4-6-8-13/h4-8H,3,9-12H2,1-2H3,(H-,19,20,21,22)/t16?,18-/m0/s1. The molecule has 2 rings (SSSR count). The van der Waals surface area contributed by atoms with Gasteiger partial charge in [-0.15, -0.1) is 0 Å². The molecule has 0 radical (unpaired) electrons. The van der Waals surface area contributed by atoms with E-state index in [-0.39, 0.29) is 26.1 Å². The fraction of sp³-hybridized carbons (Fsp3) is 0.500. The molecule has 0 aromatic heterocycles. The van der Waals surface area contributed by atoms with Crippen molar-refractivity contribution in [1.29, 1.82) is 0 Å². The summed E-state index contributed by atoms with van der Waals surface area (Å²) in [5.74, 6) is -1.08. The van der Waals surface area contributed by atoms with Crippen LogP contribution in [0.3, 0.4) is 0 Å². The largest absolute Gasteiger partial charge is 0.498 e. The van der Waals surface area contributed by atoms with E-state index in [1.54, 1.807) is 6.92 Å². The van der Waals surface area contributed by atoms with Crippen molar-refractivity contribution >= 4 is 12.1 Å². The second-order valence-corrected chi connectivity index (χ2v) is 6.03. The molecule has 0 aliphatic carbocycles. The molecule has 22 heavy (non-hydrogen) atoms. The average molecular weight is 306 g/mol. The first-order valence-electron chi connectivity index (χ1n) is 7.42. The summed E-state index contributed by atoms with van der Waals surface area (Å²) in [6, 6.07) is 9.14. The molecule has 1 unspecified atom stereocenters. The van der Waals surface area contributed by atoms with Crippen LogP contribution in [0, 0.1) is 0 Å². The fourth-order valence-corrected chi connectivity index (χ4v) is 3.49. The van der Waals surface area contributed by atoms with Gasteiger partial charge in [0.2, 0.25) is 5.54 Å². The summed E-state index contributed by atoms with van der Waals surface area (Å²) in [5.41, 5.74) is -0.600. The molecule has 1 aliphatic heterocycles. The van der Waals surface area contributed by atoms with Crippen LogP contribution in [0.4, 0.5) is 4.79 Å². The second kappa shape index (κ2) is 6.06. The SMILES string of the molecule is CCC1(C(=O)O)CN(C)CC[N@+]1(Cc1ccccc1)C(=O)[O-]. The maximum absolute atomic E-state index is 12.0. The lowest BCUT2D eigenvalue weighted by atomic mass is 9.86. The molecular formula is C16H22N2O4. The summed E-state index contributed by atoms with van der Waals surface area (Å²) in [6.07, 6.45) is -1.09. The molecule has 1 N–H and O–H groups in total. The third kappa shape index (κ3) is 2.48. The van der Waals surface area contributed by atoms with Gasteiger partial charge in [0, 0.05) is 18.5 Å². The number of aliphatic carboxylic acids is 1. The number of piperazine rings is 1. The third-order valence-corrected chi connectivity index (χ3v) is 4.84. The van der Waals surface area contributed by atoms with E-state index in [1.807, 2.05) is 42.3 Å². The minimum Gasteiger partial charge on any atom is -0.498 e. The highest BCUT2D eigenvalue weighted by Gasteiger charge is 2.60.